The van der Waals surface area contributed by atoms with Crippen LogP contribution < -0.4 is 9.47 Å². The van der Waals surface area contributed by atoms with Gasteiger partial charge < -0.3 is 14.6 Å². The number of rotatable bonds is 5. The van der Waals surface area contributed by atoms with Crippen molar-refractivity contribution in [3.8, 4) is 28.4 Å². The molecule has 4 nitrogen and oxygen atoms in total. The normalized spacial score (nSPS) is 16.9. The second kappa shape index (κ2) is 10.6. The van der Waals surface area contributed by atoms with Crippen LogP contribution in [0.4, 0.5) is 8.78 Å². The lowest BCUT2D eigenvalue weighted by atomic mass is 9.85. The van der Waals surface area contributed by atoms with Crippen LogP contribution in [0, 0.1) is 11.6 Å². The van der Waals surface area contributed by atoms with E-state index in [0.717, 1.165) is 42.1 Å². The molecule has 4 aromatic rings. The Bertz CT molecular complexity index is 1420. The van der Waals surface area contributed by atoms with Crippen LogP contribution in [0.2, 0.25) is 0 Å². The van der Waals surface area contributed by atoms with E-state index in [1.807, 2.05) is 54.6 Å². The van der Waals surface area contributed by atoms with Crippen molar-refractivity contribution in [1.82, 2.24) is 4.90 Å². The van der Waals surface area contributed by atoms with Crippen LogP contribution in [0.25, 0.3) is 21.9 Å². The minimum absolute atomic E-state index is 0. The van der Waals surface area contributed by atoms with Crippen molar-refractivity contribution in [3.05, 3.63) is 89.5 Å². The van der Waals surface area contributed by atoms with Crippen molar-refractivity contribution in [2.45, 2.75) is 25.4 Å². The topological polar surface area (TPSA) is 41.9 Å². The molecular weight excluding hydrogens is 496 g/mol. The van der Waals surface area contributed by atoms with E-state index in [1.165, 1.54) is 25.3 Å². The van der Waals surface area contributed by atoms with Crippen molar-refractivity contribution in [3.63, 3.8) is 0 Å². The minimum Gasteiger partial charge on any atom is -0.503 e. The van der Waals surface area contributed by atoms with Crippen LogP contribution >= 0.6 is 12.4 Å². The van der Waals surface area contributed by atoms with Gasteiger partial charge in [-0.15, -0.1) is 12.4 Å². The summed E-state index contributed by atoms with van der Waals surface area (Å²) < 4.78 is 41.7. The molecule has 1 saturated heterocycles. The number of benzene rings is 4. The highest BCUT2D eigenvalue weighted by molar-refractivity contribution is 5.95. The van der Waals surface area contributed by atoms with E-state index in [1.54, 1.807) is 6.07 Å². The number of nitrogens with zero attached hydrogens (tertiary/aromatic N) is 1. The first-order valence-corrected chi connectivity index (χ1v) is 12.4. The lowest BCUT2D eigenvalue weighted by molar-refractivity contribution is 0.183. The molecule has 2 heterocycles. The third-order valence-corrected chi connectivity index (χ3v) is 7.22. The van der Waals surface area contributed by atoms with E-state index in [4.69, 9.17) is 9.47 Å². The summed E-state index contributed by atoms with van der Waals surface area (Å²) >= 11 is 0. The second-order valence-corrected chi connectivity index (χ2v) is 9.46. The van der Waals surface area contributed by atoms with E-state index < -0.39 is 23.5 Å². The Kier molecular flexibility index (Phi) is 7.22. The largest absolute Gasteiger partial charge is 0.503 e. The predicted molar refractivity (Wildman–Crippen MR) is 143 cm³/mol. The van der Waals surface area contributed by atoms with Gasteiger partial charge >= 0.3 is 0 Å². The minimum atomic E-state index is -0.997. The summed E-state index contributed by atoms with van der Waals surface area (Å²) in [6, 6.07) is 19.9. The maximum atomic E-state index is 14.8. The van der Waals surface area contributed by atoms with E-state index in [-0.39, 0.29) is 17.8 Å². The zero-order valence-corrected chi connectivity index (χ0v) is 21.1. The molecule has 0 radical (unpaired) electrons. The maximum Gasteiger partial charge on any atom is 0.188 e. The lowest BCUT2D eigenvalue weighted by Gasteiger charge is -2.30. The van der Waals surface area contributed by atoms with Gasteiger partial charge in [0.25, 0.3) is 0 Å². The molecule has 0 bridgehead atoms. The van der Waals surface area contributed by atoms with Gasteiger partial charge in [-0.3, -0.25) is 4.90 Å². The Hall–Kier alpha value is -3.35. The van der Waals surface area contributed by atoms with Gasteiger partial charge in [0, 0.05) is 23.1 Å². The van der Waals surface area contributed by atoms with Gasteiger partial charge in [0.15, 0.2) is 23.5 Å². The van der Waals surface area contributed by atoms with Crippen LogP contribution in [-0.2, 0) is 0 Å². The number of hydrogen-bond donors (Lipinski definition) is 1. The Labute approximate surface area is 220 Å². The molecule has 2 aliphatic heterocycles. The first-order valence-electron chi connectivity index (χ1n) is 12.4. The molecule has 4 aromatic carbocycles. The average Bonchev–Trinajstić information content (AvgIpc) is 2.92. The van der Waals surface area contributed by atoms with Crippen molar-refractivity contribution >= 4 is 23.2 Å². The molecule has 2 aliphatic rings. The van der Waals surface area contributed by atoms with E-state index in [2.05, 4.69) is 4.90 Å². The fraction of sp³-hybridized carbons (Fsp3) is 0.267. The van der Waals surface area contributed by atoms with Gasteiger partial charge in [-0.05, 0) is 66.7 Å². The number of likely N-dealkylation sites (tertiary alicyclic amines) is 1. The smallest absolute Gasteiger partial charge is 0.188 e. The SMILES string of the molecule is Cl.Oc1c(F)cc2c3c(ccc2c1F)-c1ccccc1OC3c1ccc(OCCN2CCCCC2)cc1. The molecule has 0 amide bonds. The first kappa shape index (κ1) is 25.3. The summed E-state index contributed by atoms with van der Waals surface area (Å²) in [6.45, 7) is 3.81. The molecule has 1 unspecified atom stereocenters. The lowest BCUT2D eigenvalue weighted by Crippen LogP contribution is -2.33. The number of ether oxygens (including phenoxy) is 2. The van der Waals surface area contributed by atoms with Gasteiger partial charge in [0.2, 0.25) is 0 Å². The van der Waals surface area contributed by atoms with Crippen LogP contribution in [0.15, 0.2) is 66.7 Å². The molecular formula is C30H28ClF2NO3. The zero-order chi connectivity index (χ0) is 24.6. The number of piperidine rings is 1. The first-order chi connectivity index (χ1) is 17.6. The molecule has 1 N–H and O–H groups in total. The third-order valence-electron chi connectivity index (χ3n) is 7.22. The Balaban J connectivity index is 0.00000280. The highest BCUT2D eigenvalue weighted by Gasteiger charge is 2.30. The number of phenolic OH excluding ortho intramolecular Hbond substituents is 1. The summed E-state index contributed by atoms with van der Waals surface area (Å²) in [6.07, 6.45) is 3.24. The second-order valence-electron chi connectivity index (χ2n) is 9.46. The molecule has 0 aromatic heterocycles. The average molecular weight is 524 g/mol. The standard InChI is InChI=1S/C30H27F2NO3.ClH/c31-25-18-24-23(28(32)29(25)34)13-12-22-21-6-2-3-7-26(21)36-30(27(22)24)19-8-10-20(11-9-19)35-17-16-33-14-4-1-5-15-33;/h2-3,6-13,18,30,34H,1,4-5,14-17H2;1H. The van der Waals surface area contributed by atoms with Crippen LogP contribution in [-0.4, -0.2) is 36.2 Å². The Morgan fingerprint density at radius 1 is 0.892 bits per heavy atom. The molecule has 7 heteroatoms. The van der Waals surface area contributed by atoms with Crippen molar-refractivity contribution in [2.75, 3.05) is 26.2 Å². The third kappa shape index (κ3) is 4.72. The molecule has 1 fully saturated rings. The number of phenols is 1. The molecule has 1 atom stereocenters. The van der Waals surface area contributed by atoms with Crippen molar-refractivity contribution < 1.29 is 23.4 Å². The van der Waals surface area contributed by atoms with Crippen molar-refractivity contribution in [1.29, 1.82) is 0 Å². The van der Waals surface area contributed by atoms with Crippen LogP contribution in [0.5, 0.6) is 17.2 Å². The number of hydrogen-bond acceptors (Lipinski definition) is 4. The van der Waals surface area contributed by atoms with Crippen LogP contribution in [0.1, 0.15) is 36.5 Å². The molecule has 6 rings (SSSR count). The summed E-state index contributed by atoms with van der Waals surface area (Å²) in [4.78, 5) is 2.43. The van der Waals surface area contributed by atoms with E-state index in [9.17, 15) is 13.9 Å². The molecule has 0 saturated carbocycles. The number of para-hydroxylation sites is 1. The maximum absolute atomic E-state index is 14.8. The van der Waals surface area contributed by atoms with Gasteiger partial charge in [-0.25, -0.2) is 8.78 Å². The highest BCUT2D eigenvalue weighted by atomic mass is 35.5. The summed E-state index contributed by atoms with van der Waals surface area (Å²) in [7, 11) is 0. The summed E-state index contributed by atoms with van der Waals surface area (Å²) in [5.41, 5.74) is 3.22. The summed E-state index contributed by atoms with van der Waals surface area (Å²) in [5, 5.41) is 10.4. The molecule has 0 aliphatic carbocycles. The van der Waals surface area contributed by atoms with Crippen LogP contribution in [0.3, 0.4) is 0 Å². The van der Waals surface area contributed by atoms with E-state index >= 15 is 0 Å². The fourth-order valence-corrected chi connectivity index (χ4v) is 5.36. The molecule has 192 valence electrons. The quantitative estimate of drug-likeness (QED) is 0.299. The van der Waals surface area contributed by atoms with Gasteiger partial charge in [0.1, 0.15) is 18.1 Å². The monoisotopic (exact) mass is 523 g/mol. The van der Waals surface area contributed by atoms with E-state index in [0.29, 0.717) is 23.3 Å². The van der Waals surface area contributed by atoms with Gasteiger partial charge in [-0.1, -0.05) is 48.9 Å². The Morgan fingerprint density at radius 3 is 2.43 bits per heavy atom. The van der Waals surface area contributed by atoms with Gasteiger partial charge in [-0.2, -0.15) is 0 Å². The summed E-state index contributed by atoms with van der Waals surface area (Å²) in [5.74, 6) is -1.46. The highest BCUT2D eigenvalue weighted by Crippen LogP contribution is 2.48. The zero-order valence-electron chi connectivity index (χ0n) is 20.3. The van der Waals surface area contributed by atoms with Crippen molar-refractivity contribution in [2.24, 2.45) is 0 Å². The Morgan fingerprint density at radius 2 is 1.65 bits per heavy atom. The number of halogens is 3. The number of fused-ring (bicyclic) bond motifs is 5. The number of aromatic hydroxyl groups is 1. The molecule has 37 heavy (non-hydrogen) atoms. The van der Waals surface area contributed by atoms with Gasteiger partial charge in [0.05, 0.1) is 0 Å². The fourth-order valence-electron chi connectivity index (χ4n) is 5.36. The predicted octanol–water partition coefficient (Wildman–Crippen LogP) is 7.26. The molecule has 0 spiro atoms.